The summed E-state index contributed by atoms with van der Waals surface area (Å²) in [5, 5.41) is 0. The third-order valence-electron chi connectivity index (χ3n) is 3.27. The molecule has 2 aromatic rings. The third kappa shape index (κ3) is 3.22. The molecule has 0 aliphatic carbocycles. The Labute approximate surface area is 123 Å². The smallest absolute Gasteiger partial charge is 0.265 e. The average molecular weight is 304 g/mol. The highest BCUT2D eigenvalue weighted by atomic mass is 32.2. The molecule has 110 valence electrons. The number of nitrogens with one attached hydrogen (secondary N) is 1. The van der Waals surface area contributed by atoms with Gasteiger partial charge in [0.05, 0.1) is 4.90 Å². The van der Waals surface area contributed by atoms with Crippen molar-refractivity contribution in [1.82, 2.24) is 4.72 Å². The van der Waals surface area contributed by atoms with E-state index in [0.29, 0.717) is 11.3 Å². The Morgan fingerprint density at radius 3 is 2.29 bits per heavy atom. The molecule has 1 amide bonds. The molecule has 21 heavy (non-hydrogen) atoms. The van der Waals surface area contributed by atoms with Crippen LogP contribution in [0.4, 0.5) is 5.69 Å². The van der Waals surface area contributed by atoms with Crippen molar-refractivity contribution in [3.8, 4) is 0 Å². The van der Waals surface area contributed by atoms with Crippen molar-refractivity contribution in [3.63, 3.8) is 0 Å². The highest BCUT2D eigenvalue weighted by Crippen LogP contribution is 2.15. The number of nitrogens with two attached hydrogens (primary N) is 1. The maximum Gasteiger partial charge on any atom is 0.265 e. The summed E-state index contributed by atoms with van der Waals surface area (Å²) in [6.07, 6.45) is 0. The molecule has 0 bridgehead atoms. The first-order valence-corrected chi connectivity index (χ1v) is 7.78. The van der Waals surface area contributed by atoms with Gasteiger partial charge in [-0.15, -0.1) is 0 Å². The number of hydrogen-bond acceptors (Lipinski definition) is 4. The highest BCUT2D eigenvalue weighted by Gasteiger charge is 2.19. The lowest BCUT2D eigenvalue weighted by Crippen LogP contribution is -2.31. The second-order valence-electron chi connectivity index (χ2n) is 4.75. The molecule has 5 nitrogen and oxygen atoms in total. The fourth-order valence-electron chi connectivity index (χ4n) is 1.88. The number of anilines is 1. The molecule has 2 aromatic carbocycles. The Morgan fingerprint density at radius 2 is 1.67 bits per heavy atom. The van der Waals surface area contributed by atoms with Crippen LogP contribution < -0.4 is 10.5 Å². The van der Waals surface area contributed by atoms with E-state index >= 15 is 0 Å². The molecule has 0 radical (unpaired) electrons. The maximum absolute atomic E-state index is 12.2. The molecule has 0 unspecified atom stereocenters. The topological polar surface area (TPSA) is 89.3 Å². The summed E-state index contributed by atoms with van der Waals surface area (Å²) in [5.41, 5.74) is 7.99. The average Bonchev–Trinajstić information content (AvgIpc) is 2.41. The van der Waals surface area contributed by atoms with Gasteiger partial charge in [-0.1, -0.05) is 12.1 Å². The second-order valence-corrected chi connectivity index (χ2v) is 6.43. The van der Waals surface area contributed by atoms with Gasteiger partial charge in [0.2, 0.25) is 0 Å². The quantitative estimate of drug-likeness (QED) is 0.849. The first-order chi connectivity index (χ1) is 9.81. The van der Waals surface area contributed by atoms with Crippen LogP contribution in [0.1, 0.15) is 21.5 Å². The number of benzene rings is 2. The van der Waals surface area contributed by atoms with Crippen LogP contribution in [-0.4, -0.2) is 14.3 Å². The molecule has 2 rings (SSSR count). The number of carbonyl (C=O) groups is 1. The summed E-state index contributed by atoms with van der Waals surface area (Å²) in [6.45, 7) is 3.64. The van der Waals surface area contributed by atoms with E-state index < -0.39 is 15.9 Å². The Kier molecular flexibility index (Phi) is 3.99. The molecule has 6 heteroatoms. The van der Waals surface area contributed by atoms with Gasteiger partial charge < -0.3 is 5.73 Å². The van der Waals surface area contributed by atoms with Gasteiger partial charge in [-0.05, 0) is 55.3 Å². The number of carbonyl (C=O) groups excluding carboxylic acids is 1. The van der Waals surface area contributed by atoms with Gasteiger partial charge in [-0.2, -0.15) is 0 Å². The van der Waals surface area contributed by atoms with Crippen LogP contribution >= 0.6 is 0 Å². The number of aryl methyl sites for hydroxylation is 1. The van der Waals surface area contributed by atoms with Gasteiger partial charge in [0, 0.05) is 11.3 Å². The molecule has 0 aliphatic rings. The van der Waals surface area contributed by atoms with Crippen molar-refractivity contribution in [1.29, 1.82) is 0 Å². The lowest BCUT2D eigenvalue weighted by Gasteiger charge is -2.10. The minimum Gasteiger partial charge on any atom is -0.399 e. The van der Waals surface area contributed by atoms with Gasteiger partial charge in [0.1, 0.15) is 0 Å². The van der Waals surface area contributed by atoms with Crippen LogP contribution in [0.15, 0.2) is 47.4 Å². The summed E-state index contributed by atoms with van der Waals surface area (Å²) in [7, 11) is -3.91. The predicted octanol–water partition coefficient (Wildman–Crippen LogP) is 2.00. The Hall–Kier alpha value is -2.34. The van der Waals surface area contributed by atoms with Gasteiger partial charge in [-0.25, -0.2) is 13.1 Å². The zero-order valence-electron chi connectivity index (χ0n) is 11.8. The van der Waals surface area contributed by atoms with Crippen LogP contribution in [0, 0.1) is 13.8 Å². The molecular formula is C15H16N2O3S. The summed E-state index contributed by atoms with van der Waals surface area (Å²) >= 11 is 0. The molecule has 0 aromatic heterocycles. The Morgan fingerprint density at radius 1 is 1.05 bits per heavy atom. The second kappa shape index (κ2) is 5.57. The summed E-state index contributed by atoms with van der Waals surface area (Å²) < 4.78 is 26.4. The molecule has 0 aliphatic heterocycles. The number of nitrogen functional groups attached to an aromatic ring is 1. The lowest BCUT2D eigenvalue weighted by molar-refractivity contribution is 0.0980. The Bertz CT molecular complexity index is 781. The molecule has 0 saturated heterocycles. The first-order valence-electron chi connectivity index (χ1n) is 6.30. The number of sulfonamides is 1. The predicted molar refractivity (Wildman–Crippen MR) is 81.4 cm³/mol. The van der Waals surface area contributed by atoms with Crippen LogP contribution in [0.5, 0.6) is 0 Å². The van der Waals surface area contributed by atoms with Crippen molar-refractivity contribution in [2.45, 2.75) is 18.7 Å². The SMILES string of the molecule is Cc1cccc(C(=O)NS(=O)(=O)c2ccc(N)cc2)c1C. The van der Waals surface area contributed by atoms with Crippen molar-refractivity contribution in [2.75, 3.05) is 5.73 Å². The van der Waals surface area contributed by atoms with Gasteiger partial charge in [-0.3, -0.25) is 4.79 Å². The van der Waals surface area contributed by atoms with E-state index in [1.54, 1.807) is 19.1 Å². The number of rotatable bonds is 3. The monoisotopic (exact) mass is 304 g/mol. The van der Waals surface area contributed by atoms with Crippen LogP contribution in [-0.2, 0) is 10.0 Å². The summed E-state index contributed by atoms with van der Waals surface area (Å²) in [6, 6.07) is 10.8. The zero-order chi connectivity index (χ0) is 15.6. The molecule has 0 heterocycles. The molecule has 0 spiro atoms. The summed E-state index contributed by atoms with van der Waals surface area (Å²) in [4.78, 5) is 12.2. The number of hydrogen-bond donors (Lipinski definition) is 2. The van der Waals surface area contributed by atoms with Crippen molar-refractivity contribution < 1.29 is 13.2 Å². The van der Waals surface area contributed by atoms with E-state index in [1.165, 1.54) is 24.3 Å². The van der Waals surface area contributed by atoms with Crippen LogP contribution in [0.2, 0.25) is 0 Å². The van der Waals surface area contributed by atoms with E-state index in [9.17, 15) is 13.2 Å². The van der Waals surface area contributed by atoms with E-state index in [1.807, 2.05) is 13.0 Å². The largest absolute Gasteiger partial charge is 0.399 e. The van der Waals surface area contributed by atoms with Gasteiger partial charge in [0.25, 0.3) is 15.9 Å². The molecule has 0 saturated carbocycles. The fourth-order valence-corrected chi connectivity index (χ4v) is 2.85. The highest BCUT2D eigenvalue weighted by molar-refractivity contribution is 7.90. The summed E-state index contributed by atoms with van der Waals surface area (Å²) in [5.74, 6) is -0.645. The minimum atomic E-state index is -3.91. The molecule has 0 fully saturated rings. The molecule has 3 N–H and O–H groups in total. The number of amides is 1. The van der Waals surface area contributed by atoms with Crippen LogP contribution in [0.3, 0.4) is 0 Å². The normalized spacial score (nSPS) is 11.1. The maximum atomic E-state index is 12.2. The standard InChI is InChI=1S/C15H16N2O3S/c1-10-4-3-5-14(11(10)2)15(18)17-21(19,20)13-8-6-12(16)7-9-13/h3-9H,16H2,1-2H3,(H,17,18). The van der Waals surface area contributed by atoms with E-state index in [4.69, 9.17) is 5.73 Å². The Balaban J connectivity index is 2.30. The van der Waals surface area contributed by atoms with Crippen molar-refractivity contribution in [3.05, 3.63) is 59.2 Å². The lowest BCUT2D eigenvalue weighted by atomic mass is 10.0. The van der Waals surface area contributed by atoms with Gasteiger partial charge in [0.15, 0.2) is 0 Å². The van der Waals surface area contributed by atoms with Crippen molar-refractivity contribution in [2.24, 2.45) is 0 Å². The fraction of sp³-hybridized carbons (Fsp3) is 0.133. The van der Waals surface area contributed by atoms with E-state index in [0.717, 1.165) is 11.1 Å². The minimum absolute atomic E-state index is 0.00430. The van der Waals surface area contributed by atoms with E-state index in [-0.39, 0.29) is 4.90 Å². The van der Waals surface area contributed by atoms with Crippen LogP contribution in [0.25, 0.3) is 0 Å². The first kappa shape index (κ1) is 15.1. The van der Waals surface area contributed by atoms with Gasteiger partial charge >= 0.3 is 0 Å². The van der Waals surface area contributed by atoms with Crippen molar-refractivity contribution >= 4 is 21.6 Å². The van der Waals surface area contributed by atoms with E-state index in [2.05, 4.69) is 4.72 Å². The molecule has 0 atom stereocenters. The third-order valence-corrected chi connectivity index (χ3v) is 4.61. The molecular weight excluding hydrogens is 288 g/mol. The zero-order valence-corrected chi connectivity index (χ0v) is 12.6.